The van der Waals surface area contributed by atoms with Crippen molar-refractivity contribution >= 4 is 22.9 Å². The number of hydrogen-bond acceptors (Lipinski definition) is 2. The fourth-order valence-electron chi connectivity index (χ4n) is 2.73. The van der Waals surface area contributed by atoms with Crippen LogP contribution in [0.15, 0.2) is 12.1 Å². The van der Waals surface area contributed by atoms with E-state index in [0.717, 1.165) is 10.3 Å². The summed E-state index contributed by atoms with van der Waals surface area (Å²) in [6.07, 6.45) is 6.81. The summed E-state index contributed by atoms with van der Waals surface area (Å²) in [7, 11) is 0. The van der Waals surface area contributed by atoms with E-state index in [1.807, 2.05) is 6.07 Å². The zero-order valence-corrected chi connectivity index (χ0v) is 12.3. The molecule has 3 heteroatoms. The first-order valence-electron chi connectivity index (χ1n) is 6.70. The zero-order valence-electron chi connectivity index (χ0n) is 10.7. The Morgan fingerprint density at radius 1 is 1.35 bits per heavy atom. The lowest BCUT2D eigenvalue weighted by atomic mass is 9.84. The smallest absolute Gasteiger partial charge is 0.0931 e. The van der Waals surface area contributed by atoms with Crippen LogP contribution in [0.3, 0.4) is 0 Å². The molecular weight excluding hydrogens is 250 g/mol. The van der Waals surface area contributed by atoms with Gasteiger partial charge in [0.25, 0.3) is 0 Å². The molecule has 0 amide bonds. The molecule has 1 fully saturated rings. The highest BCUT2D eigenvalue weighted by Crippen LogP contribution is 2.30. The summed E-state index contributed by atoms with van der Waals surface area (Å²) in [6, 6.07) is 5.28. The minimum absolute atomic E-state index is 0.440. The average molecular weight is 272 g/mol. The number of rotatable bonds is 4. The van der Waals surface area contributed by atoms with Gasteiger partial charge in [0.2, 0.25) is 0 Å². The number of nitrogens with one attached hydrogen (secondary N) is 1. The highest BCUT2D eigenvalue weighted by molar-refractivity contribution is 7.16. The predicted octanol–water partition coefficient (Wildman–Crippen LogP) is 5.02. The van der Waals surface area contributed by atoms with Crippen LogP contribution in [0, 0.1) is 5.92 Å². The lowest BCUT2D eigenvalue weighted by molar-refractivity contribution is 0.274. The molecule has 1 saturated carbocycles. The molecule has 0 radical (unpaired) electrons. The van der Waals surface area contributed by atoms with Crippen molar-refractivity contribution in [2.75, 3.05) is 0 Å². The minimum atomic E-state index is 0.440. The molecule has 17 heavy (non-hydrogen) atoms. The van der Waals surface area contributed by atoms with E-state index in [1.54, 1.807) is 11.3 Å². The molecule has 96 valence electrons. The fraction of sp³-hybridized carbons (Fsp3) is 0.714. The van der Waals surface area contributed by atoms with Crippen molar-refractivity contribution in [3.8, 4) is 0 Å². The van der Waals surface area contributed by atoms with E-state index in [9.17, 15) is 0 Å². The molecule has 2 rings (SSSR count). The Balaban J connectivity index is 1.81. The molecule has 0 aliphatic heterocycles. The van der Waals surface area contributed by atoms with Gasteiger partial charge in [0.15, 0.2) is 0 Å². The maximum atomic E-state index is 5.98. The molecular formula is C14H22ClNS. The summed E-state index contributed by atoms with van der Waals surface area (Å²) in [5, 5.41) is 3.74. The Hall–Kier alpha value is -0.0500. The molecule has 1 heterocycles. The van der Waals surface area contributed by atoms with Gasteiger partial charge in [-0.05, 0) is 50.7 Å². The SMILES string of the molecule is CCC1CCC(NC(C)c2ccc(Cl)s2)CC1. The molecule has 0 aromatic carbocycles. The van der Waals surface area contributed by atoms with E-state index in [4.69, 9.17) is 11.6 Å². The molecule has 0 saturated heterocycles. The average Bonchev–Trinajstić information content (AvgIpc) is 2.77. The van der Waals surface area contributed by atoms with Crippen molar-refractivity contribution in [3.05, 3.63) is 21.3 Å². The first-order valence-corrected chi connectivity index (χ1v) is 7.89. The van der Waals surface area contributed by atoms with Crippen molar-refractivity contribution < 1.29 is 0 Å². The third-order valence-corrected chi connectivity index (χ3v) is 5.34. The van der Waals surface area contributed by atoms with Crippen molar-refractivity contribution in [2.24, 2.45) is 5.92 Å². The van der Waals surface area contributed by atoms with E-state index in [0.29, 0.717) is 12.1 Å². The standard InChI is InChI=1S/C14H22ClNS/c1-3-11-4-6-12(7-5-11)16-10(2)13-8-9-14(15)17-13/h8-12,16H,3-7H2,1-2H3. The van der Waals surface area contributed by atoms with Gasteiger partial charge in [-0.3, -0.25) is 0 Å². The van der Waals surface area contributed by atoms with Gasteiger partial charge in [0, 0.05) is 17.0 Å². The lowest BCUT2D eigenvalue weighted by Crippen LogP contribution is -2.34. The third kappa shape index (κ3) is 3.70. The normalized spacial score (nSPS) is 27.0. The molecule has 1 aromatic rings. The van der Waals surface area contributed by atoms with Crippen molar-refractivity contribution in [1.82, 2.24) is 5.32 Å². The molecule has 1 aliphatic rings. The van der Waals surface area contributed by atoms with Crippen LogP contribution in [0.2, 0.25) is 4.34 Å². The van der Waals surface area contributed by atoms with Crippen LogP contribution in [0.25, 0.3) is 0 Å². The molecule has 1 unspecified atom stereocenters. The third-order valence-electron chi connectivity index (χ3n) is 3.93. The van der Waals surface area contributed by atoms with Gasteiger partial charge < -0.3 is 5.32 Å². The summed E-state index contributed by atoms with van der Waals surface area (Å²) in [5.74, 6) is 0.972. The second-order valence-corrected chi connectivity index (χ2v) is 6.90. The van der Waals surface area contributed by atoms with Crippen LogP contribution in [0.1, 0.15) is 56.9 Å². The van der Waals surface area contributed by atoms with Crippen LogP contribution >= 0.6 is 22.9 Å². The largest absolute Gasteiger partial charge is 0.307 e. The molecule has 1 aliphatic carbocycles. The summed E-state index contributed by atoms with van der Waals surface area (Å²) < 4.78 is 0.892. The highest BCUT2D eigenvalue weighted by atomic mass is 35.5. The van der Waals surface area contributed by atoms with Crippen molar-refractivity contribution in [3.63, 3.8) is 0 Å². The van der Waals surface area contributed by atoms with Crippen LogP contribution in [0.5, 0.6) is 0 Å². The van der Waals surface area contributed by atoms with Gasteiger partial charge in [-0.1, -0.05) is 24.9 Å². The maximum absolute atomic E-state index is 5.98. The van der Waals surface area contributed by atoms with Crippen LogP contribution in [-0.4, -0.2) is 6.04 Å². The van der Waals surface area contributed by atoms with Gasteiger partial charge in [0.05, 0.1) is 4.34 Å². The Kier molecular flexibility index (Phi) is 4.89. The first kappa shape index (κ1) is 13.4. The number of halogens is 1. The van der Waals surface area contributed by atoms with Crippen molar-refractivity contribution in [1.29, 1.82) is 0 Å². The molecule has 1 nitrogen and oxygen atoms in total. The second-order valence-electron chi connectivity index (χ2n) is 5.16. The Labute approximate surface area is 114 Å². The molecule has 1 atom stereocenters. The predicted molar refractivity (Wildman–Crippen MR) is 76.9 cm³/mol. The van der Waals surface area contributed by atoms with Gasteiger partial charge >= 0.3 is 0 Å². The molecule has 0 bridgehead atoms. The van der Waals surface area contributed by atoms with E-state index in [1.165, 1.54) is 37.0 Å². The van der Waals surface area contributed by atoms with Crippen LogP contribution in [0.4, 0.5) is 0 Å². The van der Waals surface area contributed by atoms with Gasteiger partial charge in [0.1, 0.15) is 0 Å². The second kappa shape index (κ2) is 6.21. The van der Waals surface area contributed by atoms with Crippen molar-refractivity contribution in [2.45, 2.75) is 58.0 Å². The first-order chi connectivity index (χ1) is 8.19. The highest BCUT2D eigenvalue weighted by Gasteiger charge is 2.21. The Bertz CT molecular complexity index is 342. The fourth-order valence-corrected chi connectivity index (χ4v) is 3.81. The Morgan fingerprint density at radius 2 is 2.06 bits per heavy atom. The topological polar surface area (TPSA) is 12.0 Å². The zero-order chi connectivity index (χ0) is 12.3. The lowest BCUT2D eigenvalue weighted by Gasteiger charge is -2.30. The van der Waals surface area contributed by atoms with E-state index < -0.39 is 0 Å². The number of hydrogen-bond donors (Lipinski definition) is 1. The minimum Gasteiger partial charge on any atom is -0.307 e. The van der Waals surface area contributed by atoms with Crippen LogP contribution in [-0.2, 0) is 0 Å². The van der Waals surface area contributed by atoms with E-state index in [2.05, 4.69) is 25.2 Å². The van der Waals surface area contributed by atoms with Crippen LogP contribution < -0.4 is 5.32 Å². The quantitative estimate of drug-likeness (QED) is 0.811. The van der Waals surface area contributed by atoms with Gasteiger partial charge in [-0.2, -0.15) is 0 Å². The molecule has 1 aromatic heterocycles. The molecule has 0 spiro atoms. The monoisotopic (exact) mass is 271 g/mol. The van der Waals surface area contributed by atoms with E-state index >= 15 is 0 Å². The van der Waals surface area contributed by atoms with Gasteiger partial charge in [-0.15, -0.1) is 11.3 Å². The summed E-state index contributed by atoms with van der Waals surface area (Å²) in [4.78, 5) is 1.35. The van der Waals surface area contributed by atoms with E-state index in [-0.39, 0.29) is 0 Å². The summed E-state index contributed by atoms with van der Waals surface area (Å²) >= 11 is 7.67. The number of thiophene rings is 1. The summed E-state index contributed by atoms with van der Waals surface area (Å²) in [6.45, 7) is 4.56. The Morgan fingerprint density at radius 3 is 2.59 bits per heavy atom. The summed E-state index contributed by atoms with van der Waals surface area (Å²) in [5.41, 5.74) is 0. The van der Waals surface area contributed by atoms with Gasteiger partial charge in [-0.25, -0.2) is 0 Å². The molecule has 1 N–H and O–H groups in total. The maximum Gasteiger partial charge on any atom is 0.0931 e.